The van der Waals surface area contributed by atoms with Gasteiger partial charge in [0.25, 0.3) is 16.0 Å². The third-order valence-corrected chi connectivity index (χ3v) is 6.28. The van der Waals surface area contributed by atoms with Gasteiger partial charge in [-0.2, -0.15) is 8.42 Å². The van der Waals surface area contributed by atoms with Crippen molar-refractivity contribution in [2.24, 2.45) is 0 Å². The molecule has 0 aromatic heterocycles. The molecule has 2 heterocycles. The van der Waals surface area contributed by atoms with E-state index in [-0.39, 0.29) is 28.9 Å². The van der Waals surface area contributed by atoms with E-state index in [4.69, 9.17) is 4.55 Å². The van der Waals surface area contributed by atoms with Crippen molar-refractivity contribution in [1.29, 1.82) is 0 Å². The number of likely N-dealkylation sites (N-methyl/N-ethyl adjacent to an activating group) is 1. The van der Waals surface area contributed by atoms with Gasteiger partial charge in [-0.1, -0.05) is 32.0 Å². The largest absolute Gasteiger partial charge is 0.508 e. The van der Waals surface area contributed by atoms with Crippen LogP contribution in [-0.4, -0.2) is 83.3 Å². The summed E-state index contributed by atoms with van der Waals surface area (Å²) in [4.78, 5) is 19.7. The van der Waals surface area contributed by atoms with Crippen LogP contribution >= 0.6 is 0 Å². The molecule has 0 unspecified atom stereocenters. The van der Waals surface area contributed by atoms with Gasteiger partial charge in [-0.15, -0.1) is 0 Å². The van der Waals surface area contributed by atoms with Gasteiger partial charge < -0.3 is 20.0 Å². The zero-order chi connectivity index (χ0) is 25.9. The van der Waals surface area contributed by atoms with Crippen LogP contribution in [0.2, 0.25) is 0 Å². The highest BCUT2D eigenvalue weighted by molar-refractivity contribution is 7.85. The Morgan fingerprint density at radius 2 is 1.57 bits per heavy atom. The van der Waals surface area contributed by atoms with E-state index in [9.17, 15) is 23.4 Å². The van der Waals surface area contributed by atoms with Crippen LogP contribution in [0.15, 0.2) is 30.3 Å². The second kappa shape index (κ2) is 10.9. The molecule has 1 amide bonds. The predicted molar refractivity (Wildman–Crippen MR) is 134 cm³/mol. The van der Waals surface area contributed by atoms with Gasteiger partial charge in [0.05, 0.1) is 11.8 Å². The molecule has 192 valence electrons. The van der Waals surface area contributed by atoms with Gasteiger partial charge >= 0.3 is 0 Å². The van der Waals surface area contributed by atoms with Crippen molar-refractivity contribution in [2.75, 3.05) is 39.5 Å². The molecule has 0 saturated carbocycles. The summed E-state index contributed by atoms with van der Waals surface area (Å²) in [5.41, 5.74) is 4.54. The number of rotatable bonds is 4. The Labute approximate surface area is 207 Å². The van der Waals surface area contributed by atoms with Gasteiger partial charge in [-0.3, -0.25) is 14.2 Å². The SMILES string of the molecule is CC(C)c1cc(C(=O)N2Cc3ccc(CN4CCN(C)CC4)cc3C2)c(O)cc1O.CS(=O)(=O)O. The van der Waals surface area contributed by atoms with E-state index in [1.54, 1.807) is 11.0 Å². The number of hydrogen-bond donors (Lipinski definition) is 3. The number of fused-ring (bicyclic) bond motifs is 1. The van der Waals surface area contributed by atoms with Crippen LogP contribution in [0, 0.1) is 0 Å². The number of phenolic OH excluding ortho intramolecular Hbond substituents is 2. The maximum absolute atomic E-state index is 13.1. The molecule has 3 N–H and O–H groups in total. The van der Waals surface area contributed by atoms with Gasteiger partial charge in [0.1, 0.15) is 11.5 Å². The van der Waals surface area contributed by atoms with Crippen molar-refractivity contribution in [1.82, 2.24) is 14.7 Å². The number of carbonyl (C=O) groups excluding carboxylic acids is 1. The number of amides is 1. The minimum absolute atomic E-state index is 0.0253. The van der Waals surface area contributed by atoms with Crippen molar-refractivity contribution < 1.29 is 28.0 Å². The van der Waals surface area contributed by atoms with Crippen LogP contribution in [0.1, 0.15) is 52.4 Å². The van der Waals surface area contributed by atoms with Crippen molar-refractivity contribution in [3.63, 3.8) is 0 Å². The zero-order valence-electron chi connectivity index (χ0n) is 20.7. The minimum Gasteiger partial charge on any atom is -0.508 e. The van der Waals surface area contributed by atoms with E-state index < -0.39 is 10.1 Å². The molecular weight excluding hydrogens is 470 g/mol. The minimum atomic E-state index is -3.67. The lowest BCUT2D eigenvalue weighted by atomic mass is 9.98. The number of phenols is 2. The average Bonchev–Trinajstić information content (AvgIpc) is 3.17. The number of carbonyl (C=O) groups is 1. The van der Waals surface area contributed by atoms with E-state index >= 15 is 0 Å². The van der Waals surface area contributed by atoms with E-state index in [0.717, 1.165) is 38.3 Å². The highest BCUT2D eigenvalue weighted by atomic mass is 32.2. The Morgan fingerprint density at radius 1 is 0.971 bits per heavy atom. The fraction of sp³-hybridized carbons (Fsp3) is 0.480. The molecule has 2 aliphatic heterocycles. The number of hydrogen-bond acceptors (Lipinski definition) is 7. The topological polar surface area (TPSA) is 122 Å². The number of aromatic hydroxyl groups is 2. The van der Waals surface area contributed by atoms with Gasteiger partial charge in [0.2, 0.25) is 0 Å². The Balaban J connectivity index is 0.000000623. The van der Waals surface area contributed by atoms with Crippen molar-refractivity contribution in [2.45, 2.75) is 39.4 Å². The van der Waals surface area contributed by atoms with Gasteiger partial charge in [-0.25, -0.2) is 0 Å². The van der Waals surface area contributed by atoms with Crippen LogP contribution in [-0.2, 0) is 29.8 Å². The molecule has 35 heavy (non-hydrogen) atoms. The van der Waals surface area contributed by atoms with Gasteiger partial charge in [0.15, 0.2) is 0 Å². The molecular formula is C25H35N3O6S. The van der Waals surface area contributed by atoms with Gasteiger partial charge in [0, 0.05) is 51.9 Å². The lowest BCUT2D eigenvalue weighted by Gasteiger charge is -2.32. The first kappa shape index (κ1) is 26.9. The average molecular weight is 506 g/mol. The number of benzene rings is 2. The summed E-state index contributed by atoms with van der Waals surface area (Å²) < 4.78 is 25.9. The molecule has 1 fully saturated rings. The molecule has 1 saturated heterocycles. The zero-order valence-corrected chi connectivity index (χ0v) is 21.5. The second-order valence-electron chi connectivity index (χ2n) is 9.66. The first-order chi connectivity index (χ1) is 16.3. The third kappa shape index (κ3) is 7.41. The molecule has 2 aliphatic rings. The standard InChI is InChI=1S/C24H31N3O3.CH4O3S/c1-16(2)20-11-21(23(29)12-22(20)28)24(30)27-14-18-5-4-17(10-19(18)15-27)13-26-8-6-25(3)7-9-26;1-5(2,3)4/h4-5,10-12,16,28-29H,6-9,13-15H2,1-3H3;1H3,(H,2,3,4). The second-order valence-corrected chi connectivity index (χ2v) is 11.1. The molecule has 0 radical (unpaired) electrons. The fourth-order valence-electron chi connectivity index (χ4n) is 4.35. The summed E-state index contributed by atoms with van der Waals surface area (Å²) in [6.07, 6.45) is 0.715. The highest BCUT2D eigenvalue weighted by Crippen LogP contribution is 2.34. The maximum Gasteiger partial charge on any atom is 0.261 e. The Kier molecular flexibility index (Phi) is 8.42. The maximum atomic E-state index is 13.1. The first-order valence-corrected chi connectivity index (χ1v) is 13.5. The predicted octanol–water partition coefficient (Wildman–Crippen LogP) is 2.63. The van der Waals surface area contributed by atoms with E-state index in [1.807, 2.05) is 13.8 Å². The number of nitrogens with zero attached hydrogens (tertiary/aromatic N) is 3. The number of piperazine rings is 1. The molecule has 0 atom stereocenters. The molecule has 2 aromatic carbocycles. The highest BCUT2D eigenvalue weighted by Gasteiger charge is 2.27. The molecule has 10 heteroatoms. The third-order valence-electron chi connectivity index (χ3n) is 6.28. The van der Waals surface area contributed by atoms with E-state index in [1.165, 1.54) is 17.2 Å². The van der Waals surface area contributed by atoms with Crippen molar-refractivity contribution in [3.05, 3.63) is 58.1 Å². The fourth-order valence-corrected chi connectivity index (χ4v) is 4.35. The van der Waals surface area contributed by atoms with Crippen LogP contribution in [0.4, 0.5) is 0 Å². The Hall–Kier alpha value is -2.66. The lowest BCUT2D eigenvalue weighted by molar-refractivity contribution is 0.0748. The first-order valence-electron chi connectivity index (χ1n) is 11.6. The van der Waals surface area contributed by atoms with E-state index in [0.29, 0.717) is 24.9 Å². The summed E-state index contributed by atoms with van der Waals surface area (Å²) in [5.74, 6) is -0.290. The summed E-state index contributed by atoms with van der Waals surface area (Å²) in [5, 5.41) is 20.3. The molecule has 4 rings (SSSR count). The van der Waals surface area contributed by atoms with Crippen LogP contribution in [0.5, 0.6) is 11.5 Å². The van der Waals surface area contributed by atoms with Crippen molar-refractivity contribution >= 4 is 16.0 Å². The summed E-state index contributed by atoms with van der Waals surface area (Å²) >= 11 is 0. The summed E-state index contributed by atoms with van der Waals surface area (Å²) in [6, 6.07) is 9.42. The van der Waals surface area contributed by atoms with E-state index in [2.05, 4.69) is 35.0 Å². The van der Waals surface area contributed by atoms with Crippen molar-refractivity contribution in [3.8, 4) is 11.5 Å². The normalized spacial score (nSPS) is 16.7. The van der Waals surface area contributed by atoms with Gasteiger partial charge in [-0.05, 0) is 41.3 Å². The quantitative estimate of drug-likeness (QED) is 0.542. The molecule has 9 nitrogen and oxygen atoms in total. The molecule has 0 aliphatic carbocycles. The molecule has 0 bridgehead atoms. The molecule has 2 aromatic rings. The van der Waals surface area contributed by atoms with Crippen LogP contribution in [0.3, 0.4) is 0 Å². The van der Waals surface area contributed by atoms with Crippen LogP contribution in [0.25, 0.3) is 0 Å². The smallest absolute Gasteiger partial charge is 0.261 e. The van der Waals surface area contributed by atoms with Crippen LogP contribution < -0.4 is 0 Å². The summed E-state index contributed by atoms with van der Waals surface area (Å²) in [6.45, 7) is 10.3. The Bertz CT molecular complexity index is 1170. The monoisotopic (exact) mass is 505 g/mol. The lowest BCUT2D eigenvalue weighted by Crippen LogP contribution is -2.43. The Morgan fingerprint density at radius 3 is 2.17 bits per heavy atom. The molecule has 0 spiro atoms. The summed E-state index contributed by atoms with van der Waals surface area (Å²) in [7, 11) is -1.51.